The smallest absolute Gasteiger partial charge is 0.258 e. The van der Waals surface area contributed by atoms with Gasteiger partial charge in [-0.1, -0.05) is 17.7 Å². The monoisotopic (exact) mass is 330 g/mol. The fraction of sp³-hybridized carbons (Fsp3) is 0.250. The Labute approximate surface area is 126 Å². The highest BCUT2D eigenvalue weighted by molar-refractivity contribution is 9.10. The highest BCUT2D eigenvalue weighted by Crippen LogP contribution is 2.29. The molecule has 0 fully saturated rings. The van der Waals surface area contributed by atoms with Crippen molar-refractivity contribution < 1.29 is 4.79 Å². The zero-order chi connectivity index (χ0) is 14.1. The molecule has 0 aliphatic carbocycles. The van der Waals surface area contributed by atoms with Crippen LogP contribution in [-0.2, 0) is 6.42 Å². The van der Waals surface area contributed by atoms with E-state index in [4.69, 9.17) is 0 Å². The third kappa shape index (κ3) is 2.48. The Morgan fingerprint density at radius 2 is 2.15 bits per heavy atom. The Morgan fingerprint density at radius 1 is 1.30 bits per heavy atom. The van der Waals surface area contributed by atoms with E-state index in [1.165, 1.54) is 11.1 Å². The van der Waals surface area contributed by atoms with Crippen LogP contribution in [0.2, 0.25) is 0 Å². The first-order valence-corrected chi connectivity index (χ1v) is 7.47. The topological polar surface area (TPSA) is 33.2 Å². The van der Waals surface area contributed by atoms with Gasteiger partial charge in [0, 0.05) is 24.0 Å². The van der Waals surface area contributed by atoms with E-state index >= 15 is 0 Å². The van der Waals surface area contributed by atoms with Crippen molar-refractivity contribution in [2.24, 2.45) is 0 Å². The standard InChI is InChI=1S/C16H15BrN2O/c1-11-4-5-14-12(9-11)3-2-8-19(14)16(20)13-6-7-18-15(17)10-13/h4-7,9-10H,2-3,8H2,1H3. The summed E-state index contributed by atoms with van der Waals surface area (Å²) in [7, 11) is 0. The summed E-state index contributed by atoms with van der Waals surface area (Å²) in [4.78, 5) is 18.6. The number of anilines is 1. The number of hydrogen-bond acceptors (Lipinski definition) is 2. The van der Waals surface area contributed by atoms with Crippen LogP contribution in [0.3, 0.4) is 0 Å². The summed E-state index contributed by atoms with van der Waals surface area (Å²) in [6.07, 6.45) is 3.70. The number of pyridine rings is 1. The molecule has 2 heterocycles. The van der Waals surface area contributed by atoms with Crippen molar-refractivity contribution in [3.05, 3.63) is 57.8 Å². The van der Waals surface area contributed by atoms with E-state index in [1.54, 1.807) is 18.3 Å². The Morgan fingerprint density at radius 3 is 2.95 bits per heavy atom. The van der Waals surface area contributed by atoms with Gasteiger partial charge in [-0.05, 0) is 59.5 Å². The van der Waals surface area contributed by atoms with Crippen molar-refractivity contribution in [2.75, 3.05) is 11.4 Å². The Hall–Kier alpha value is -1.68. The quantitative estimate of drug-likeness (QED) is 0.746. The molecule has 3 nitrogen and oxygen atoms in total. The van der Waals surface area contributed by atoms with E-state index in [9.17, 15) is 4.79 Å². The van der Waals surface area contributed by atoms with E-state index in [0.29, 0.717) is 10.2 Å². The normalized spacial score (nSPS) is 14.0. The van der Waals surface area contributed by atoms with Gasteiger partial charge in [0.15, 0.2) is 0 Å². The molecule has 4 heteroatoms. The van der Waals surface area contributed by atoms with Crippen molar-refractivity contribution in [1.29, 1.82) is 0 Å². The van der Waals surface area contributed by atoms with Crippen LogP contribution < -0.4 is 4.90 Å². The second kappa shape index (κ2) is 5.37. The van der Waals surface area contributed by atoms with E-state index in [1.807, 2.05) is 4.90 Å². The van der Waals surface area contributed by atoms with Gasteiger partial charge in [0.25, 0.3) is 5.91 Å². The number of nitrogens with zero attached hydrogens (tertiary/aromatic N) is 2. The van der Waals surface area contributed by atoms with Crippen LogP contribution in [0.15, 0.2) is 41.1 Å². The molecule has 0 saturated carbocycles. The summed E-state index contributed by atoms with van der Waals surface area (Å²) < 4.78 is 0.685. The molecule has 20 heavy (non-hydrogen) atoms. The summed E-state index contributed by atoms with van der Waals surface area (Å²) in [5, 5.41) is 0. The van der Waals surface area contributed by atoms with E-state index in [2.05, 4.69) is 46.0 Å². The minimum atomic E-state index is 0.0397. The molecule has 0 unspecified atom stereocenters. The fourth-order valence-corrected chi connectivity index (χ4v) is 2.99. The van der Waals surface area contributed by atoms with Crippen molar-refractivity contribution in [2.45, 2.75) is 19.8 Å². The number of aryl methyl sites for hydroxylation is 2. The van der Waals surface area contributed by atoms with E-state index in [-0.39, 0.29) is 5.91 Å². The first kappa shape index (κ1) is 13.3. The molecule has 1 aromatic heterocycles. The van der Waals surface area contributed by atoms with E-state index < -0.39 is 0 Å². The van der Waals surface area contributed by atoms with Crippen LogP contribution in [0.4, 0.5) is 5.69 Å². The minimum absolute atomic E-state index is 0.0397. The second-order valence-corrected chi connectivity index (χ2v) is 5.87. The molecule has 2 aromatic rings. The lowest BCUT2D eigenvalue weighted by Crippen LogP contribution is -2.35. The van der Waals surface area contributed by atoms with Crippen LogP contribution in [-0.4, -0.2) is 17.4 Å². The maximum absolute atomic E-state index is 12.7. The third-order valence-electron chi connectivity index (χ3n) is 3.57. The molecule has 0 radical (unpaired) electrons. The van der Waals surface area contributed by atoms with Crippen LogP contribution in [0, 0.1) is 6.92 Å². The van der Waals surface area contributed by atoms with Gasteiger partial charge in [0.05, 0.1) is 0 Å². The molecular formula is C16H15BrN2O. The summed E-state index contributed by atoms with van der Waals surface area (Å²) >= 11 is 3.31. The Bertz CT molecular complexity index is 669. The highest BCUT2D eigenvalue weighted by Gasteiger charge is 2.23. The number of carbonyl (C=O) groups excluding carboxylic acids is 1. The van der Waals surface area contributed by atoms with Crippen molar-refractivity contribution in [3.63, 3.8) is 0 Å². The molecule has 1 amide bonds. The third-order valence-corrected chi connectivity index (χ3v) is 4.01. The molecule has 1 aromatic carbocycles. The predicted octanol–water partition coefficient (Wildman–Crippen LogP) is 3.75. The number of carbonyl (C=O) groups is 1. The number of benzene rings is 1. The van der Waals surface area contributed by atoms with Gasteiger partial charge in [0.2, 0.25) is 0 Å². The lowest BCUT2D eigenvalue weighted by molar-refractivity contribution is 0.0985. The largest absolute Gasteiger partial charge is 0.308 e. The maximum Gasteiger partial charge on any atom is 0.258 e. The van der Waals surface area contributed by atoms with E-state index in [0.717, 1.165) is 25.1 Å². The molecule has 0 spiro atoms. The zero-order valence-electron chi connectivity index (χ0n) is 11.3. The SMILES string of the molecule is Cc1ccc2c(c1)CCCN2C(=O)c1ccnc(Br)c1. The molecule has 3 rings (SSSR count). The Balaban J connectivity index is 1.98. The van der Waals surface area contributed by atoms with Crippen molar-refractivity contribution in [1.82, 2.24) is 4.98 Å². The molecule has 0 N–H and O–H groups in total. The van der Waals surface area contributed by atoms with Gasteiger partial charge in [-0.15, -0.1) is 0 Å². The predicted molar refractivity (Wildman–Crippen MR) is 83.1 cm³/mol. The first-order chi connectivity index (χ1) is 9.65. The molecule has 1 aliphatic rings. The van der Waals surface area contributed by atoms with Gasteiger partial charge >= 0.3 is 0 Å². The Kier molecular flexibility index (Phi) is 3.57. The summed E-state index contributed by atoms with van der Waals surface area (Å²) in [5.41, 5.74) is 4.21. The number of rotatable bonds is 1. The fourth-order valence-electron chi connectivity index (χ4n) is 2.63. The van der Waals surface area contributed by atoms with Crippen LogP contribution in [0.25, 0.3) is 0 Å². The molecule has 0 bridgehead atoms. The first-order valence-electron chi connectivity index (χ1n) is 6.68. The second-order valence-electron chi connectivity index (χ2n) is 5.06. The summed E-state index contributed by atoms with van der Waals surface area (Å²) in [6.45, 7) is 2.86. The van der Waals surface area contributed by atoms with Gasteiger partial charge in [0.1, 0.15) is 4.60 Å². The summed E-state index contributed by atoms with van der Waals surface area (Å²) in [6, 6.07) is 9.82. The van der Waals surface area contributed by atoms with Gasteiger partial charge in [-0.3, -0.25) is 4.79 Å². The number of aromatic nitrogens is 1. The molecule has 1 aliphatic heterocycles. The van der Waals surface area contributed by atoms with Crippen molar-refractivity contribution in [3.8, 4) is 0 Å². The molecular weight excluding hydrogens is 316 g/mol. The summed E-state index contributed by atoms with van der Waals surface area (Å²) in [5.74, 6) is 0.0397. The van der Waals surface area contributed by atoms with Gasteiger partial charge in [-0.25, -0.2) is 4.98 Å². The average molecular weight is 331 g/mol. The number of halogens is 1. The lowest BCUT2D eigenvalue weighted by Gasteiger charge is -2.30. The molecule has 0 atom stereocenters. The zero-order valence-corrected chi connectivity index (χ0v) is 12.9. The number of hydrogen-bond donors (Lipinski definition) is 0. The van der Waals surface area contributed by atoms with Crippen LogP contribution >= 0.6 is 15.9 Å². The highest BCUT2D eigenvalue weighted by atomic mass is 79.9. The molecule has 0 saturated heterocycles. The van der Waals surface area contributed by atoms with Gasteiger partial charge < -0.3 is 4.90 Å². The van der Waals surface area contributed by atoms with Crippen LogP contribution in [0.5, 0.6) is 0 Å². The number of fused-ring (bicyclic) bond motifs is 1. The molecule has 102 valence electrons. The minimum Gasteiger partial charge on any atom is -0.308 e. The average Bonchev–Trinajstić information content (AvgIpc) is 2.45. The van der Waals surface area contributed by atoms with Crippen molar-refractivity contribution >= 4 is 27.5 Å². The lowest BCUT2D eigenvalue weighted by atomic mass is 9.99. The van der Waals surface area contributed by atoms with Crippen LogP contribution in [0.1, 0.15) is 27.9 Å². The maximum atomic E-state index is 12.7. The number of amides is 1. The van der Waals surface area contributed by atoms with Gasteiger partial charge in [-0.2, -0.15) is 0 Å².